The normalized spacial score (nSPS) is 16.7. The smallest absolute Gasteiger partial charge is 0.142 e. The number of nitriles is 1. The van der Waals surface area contributed by atoms with Crippen LogP contribution < -0.4 is 10.2 Å². The largest absolute Gasteiger partial charge is 0.363 e. The topological polar surface area (TPSA) is 39.1 Å². The third-order valence-corrected chi connectivity index (χ3v) is 5.26. The highest BCUT2D eigenvalue weighted by molar-refractivity contribution is 6.35. The Bertz CT molecular complexity index is 829. The van der Waals surface area contributed by atoms with E-state index in [1.807, 2.05) is 6.07 Å². The zero-order valence-electron chi connectivity index (χ0n) is 13.2. The minimum atomic E-state index is -0.497. The summed E-state index contributed by atoms with van der Waals surface area (Å²) in [5.41, 5.74) is 1.94. The standard InChI is InChI=1S/C18H15Cl3FN3/c19-15-6-13(2-1-11(15)8-23)25(14-3-4-24-9-14)10-12-5-18(22)17(21)7-16(12)20/h1-2,5-7,14,24H,3-4,9-10H2/t14-/m0/s1. The van der Waals surface area contributed by atoms with Crippen molar-refractivity contribution in [2.75, 3.05) is 18.0 Å². The highest BCUT2D eigenvalue weighted by atomic mass is 35.5. The van der Waals surface area contributed by atoms with E-state index in [0.717, 1.165) is 25.2 Å². The van der Waals surface area contributed by atoms with E-state index in [0.29, 0.717) is 27.7 Å². The molecule has 0 spiro atoms. The van der Waals surface area contributed by atoms with Crippen LogP contribution in [0.15, 0.2) is 30.3 Å². The van der Waals surface area contributed by atoms with Crippen molar-refractivity contribution in [3.8, 4) is 6.07 Å². The second kappa shape index (κ2) is 7.80. The molecule has 25 heavy (non-hydrogen) atoms. The molecular formula is C18H15Cl3FN3. The minimum absolute atomic E-state index is 0.00394. The van der Waals surface area contributed by atoms with Crippen LogP contribution in [0.1, 0.15) is 17.5 Å². The van der Waals surface area contributed by atoms with Gasteiger partial charge in [0.25, 0.3) is 0 Å². The molecule has 0 unspecified atom stereocenters. The Hall–Kier alpha value is -1.51. The molecule has 2 aromatic carbocycles. The number of anilines is 1. The number of rotatable bonds is 4. The molecular weight excluding hydrogens is 384 g/mol. The molecule has 0 aliphatic carbocycles. The van der Waals surface area contributed by atoms with Crippen molar-refractivity contribution in [2.45, 2.75) is 19.0 Å². The second-order valence-electron chi connectivity index (χ2n) is 5.91. The maximum Gasteiger partial charge on any atom is 0.142 e. The summed E-state index contributed by atoms with van der Waals surface area (Å²) in [6.07, 6.45) is 0.950. The third kappa shape index (κ3) is 4.02. The average molecular weight is 399 g/mol. The first-order chi connectivity index (χ1) is 12.0. The van der Waals surface area contributed by atoms with Gasteiger partial charge in [0.2, 0.25) is 0 Å². The number of nitrogens with zero attached hydrogens (tertiary/aromatic N) is 2. The van der Waals surface area contributed by atoms with Gasteiger partial charge in [0.1, 0.15) is 11.9 Å². The summed E-state index contributed by atoms with van der Waals surface area (Å²) < 4.78 is 13.9. The van der Waals surface area contributed by atoms with Gasteiger partial charge >= 0.3 is 0 Å². The van der Waals surface area contributed by atoms with Crippen LogP contribution in [-0.4, -0.2) is 19.1 Å². The van der Waals surface area contributed by atoms with E-state index in [1.165, 1.54) is 12.1 Å². The van der Waals surface area contributed by atoms with Crippen LogP contribution in [-0.2, 0) is 6.54 Å². The molecule has 1 saturated heterocycles. The van der Waals surface area contributed by atoms with Crippen LogP contribution in [0, 0.1) is 17.1 Å². The van der Waals surface area contributed by atoms with Gasteiger partial charge in [-0.05, 0) is 48.9 Å². The molecule has 3 nitrogen and oxygen atoms in total. The quantitative estimate of drug-likeness (QED) is 0.735. The Morgan fingerprint density at radius 2 is 1.96 bits per heavy atom. The SMILES string of the molecule is N#Cc1ccc(N(Cc2cc(F)c(Cl)cc2Cl)[C@H]2CCNC2)cc1Cl. The summed E-state index contributed by atoms with van der Waals surface area (Å²) in [6.45, 7) is 2.14. The summed E-state index contributed by atoms with van der Waals surface area (Å²) in [5.74, 6) is -0.497. The number of hydrogen-bond acceptors (Lipinski definition) is 3. The number of hydrogen-bond donors (Lipinski definition) is 1. The van der Waals surface area contributed by atoms with E-state index in [-0.39, 0.29) is 11.1 Å². The Morgan fingerprint density at radius 3 is 2.60 bits per heavy atom. The van der Waals surface area contributed by atoms with Crippen molar-refractivity contribution in [3.05, 3.63) is 62.3 Å². The van der Waals surface area contributed by atoms with Crippen LogP contribution in [0.2, 0.25) is 15.1 Å². The van der Waals surface area contributed by atoms with Gasteiger partial charge < -0.3 is 10.2 Å². The highest BCUT2D eigenvalue weighted by Crippen LogP contribution is 2.31. The fraction of sp³-hybridized carbons (Fsp3) is 0.278. The molecule has 7 heteroatoms. The van der Waals surface area contributed by atoms with E-state index in [4.69, 9.17) is 40.1 Å². The fourth-order valence-electron chi connectivity index (χ4n) is 2.98. The monoisotopic (exact) mass is 397 g/mol. The summed E-state index contributed by atoms with van der Waals surface area (Å²) in [6, 6.07) is 10.4. The van der Waals surface area contributed by atoms with Crippen LogP contribution in [0.4, 0.5) is 10.1 Å². The maximum atomic E-state index is 13.9. The van der Waals surface area contributed by atoms with Gasteiger partial charge in [-0.3, -0.25) is 0 Å². The zero-order valence-corrected chi connectivity index (χ0v) is 15.5. The fourth-order valence-corrected chi connectivity index (χ4v) is 3.64. The summed E-state index contributed by atoms with van der Waals surface area (Å²) >= 11 is 18.2. The molecule has 1 fully saturated rings. The number of benzene rings is 2. The molecule has 130 valence electrons. The zero-order chi connectivity index (χ0) is 18.0. The van der Waals surface area contributed by atoms with Crippen molar-refractivity contribution in [2.24, 2.45) is 0 Å². The molecule has 0 radical (unpaired) electrons. The van der Waals surface area contributed by atoms with Crippen LogP contribution in [0.25, 0.3) is 0 Å². The summed E-state index contributed by atoms with van der Waals surface area (Å²) in [7, 11) is 0. The third-order valence-electron chi connectivity index (χ3n) is 4.31. The Balaban J connectivity index is 1.97. The number of halogens is 4. The molecule has 0 saturated carbocycles. The molecule has 1 N–H and O–H groups in total. The van der Waals surface area contributed by atoms with E-state index in [1.54, 1.807) is 12.1 Å². The molecule has 0 amide bonds. The van der Waals surface area contributed by atoms with E-state index >= 15 is 0 Å². The molecule has 1 heterocycles. The van der Waals surface area contributed by atoms with Gasteiger partial charge in [-0.25, -0.2) is 4.39 Å². The van der Waals surface area contributed by atoms with Crippen molar-refractivity contribution >= 4 is 40.5 Å². The first-order valence-electron chi connectivity index (χ1n) is 7.80. The van der Waals surface area contributed by atoms with E-state index < -0.39 is 5.82 Å². The Kier molecular flexibility index (Phi) is 5.71. The van der Waals surface area contributed by atoms with Gasteiger partial charge in [-0.1, -0.05) is 34.8 Å². The van der Waals surface area contributed by atoms with Gasteiger partial charge in [0.05, 0.1) is 15.6 Å². The molecule has 1 atom stereocenters. The summed E-state index contributed by atoms with van der Waals surface area (Å²) in [5, 5.41) is 13.2. The Morgan fingerprint density at radius 1 is 1.16 bits per heavy atom. The van der Waals surface area contributed by atoms with E-state index in [9.17, 15) is 4.39 Å². The highest BCUT2D eigenvalue weighted by Gasteiger charge is 2.24. The van der Waals surface area contributed by atoms with Gasteiger partial charge in [0.15, 0.2) is 0 Å². The van der Waals surface area contributed by atoms with Crippen molar-refractivity contribution in [3.63, 3.8) is 0 Å². The van der Waals surface area contributed by atoms with Crippen LogP contribution >= 0.6 is 34.8 Å². The van der Waals surface area contributed by atoms with Crippen molar-refractivity contribution < 1.29 is 4.39 Å². The first kappa shape index (κ1) is 18.3. The van der Waals surface area contributed by atoms with Crippen molar-refractivity contribution in [1.29, 1.82) is 5.26 Å². The first-order valence-corrected chi connectivity index (χ1v) is 8.93. The van der Waals surface area contributed by atoms with Gasteiger partial charge in [-0.15, -0.1) is 0 Å². The minimum Gasteiger partial charge on any atom is -0.363 e. The average Bonchev–Trinajstić information content (AvgIpc) is 3.11. The second-order valence-corrected chi connectivity index (χ2v) is 7.13. The Labute approximate surface area is 160 Å². The van der Waals surface area contributed by atoms with Gasteiger partial charge in [-0.2, -0.15) is 5.26 Å². The van der Waals surface area contributed by atoms with Crippen LogP contribution in [0.5, 0.6) is 0 Å². The predicted octanol–water partition coefficient (Wildman–Crippen LogP) is 5.03. The lowest BCUT2D eigenvalue weighted by Gasteiger charge is -2.31. The maximum absolute atomic E-state index is 13.9. The predicted molar refractivity (Wildman–Crippen MR) is 100 cm³/mol. The molecule has 1 aliphatic heterocycles. The molecule has 2 aromatic rings. The number of nitrogens with one attached hydrogen (secondary N) is 1. The molecule has 3 rings (SSSR count). The van der Waals surface area contributed by atoms with E-state index in [2.05, 4.69) is 16.3 Å². The molecule has 0 bridgehead atoms. The lowest BCUT2D eigenvalue weighted by molar-refractivity contribution is 0.613. The van der Waals surface area contributed by atoms with Crippen LogP contribution in [0.3, 0.4) is 0 Å². The van der Waals surface area contributed by atoms with Gasteiger partial charge in [0, 0.05) is 29.8 Å². The lowest BCUT2D eigenvalue weighted by Crippen LogP contribution is -2.36. The van der Waals surface area contributed by atoms with Crippen molar-refractivity contribution in [1.82, 2.24) is 5.32 Å². The lowest BCUT2D eigenvalue weighted by atomic mass is 10.1. The molecule has 0 aromatic heterocycles. The summed E-state index contributed by atoms with van der Waals surface area (Å²) in [4.78, 5) is 2.13. The molecule has 1 aliphatic rings.